The van der Waals surface area contributed by atoms with Crippen molar-refractivity contribution in [3.05, 3.63) is 89.5 Å². The zero-order valence-electron chi connectivity index (χ0n) is 24.4. The van der Waals surface area contributed by atoms with E-state index >= 15 is 0 Å². The van der Waals surface area contributed by atoms with Crippen molar-refractivity contribution in [1.29, 1.82) is 10.5 Å². The van der Waals surface area contributed by atoms with Crippen LogP contribution in [0.25, 0.3) is 28.5 Å². The first-order valence-corrected chi connectivity index (χ1v) is 14.2. The van der Waals surface area contributed by atoms with Gasteiger partial charge in [-0.25, -0.2) is 15.4 Å². The highest BCUT2D eigenvalue weighted by Crippen LogP contribution is 2.40. The van der Waals surface area contributed by atoms with Crippen LogP contribution in [0.15, 0.2) is 67.1 Å². The number of aromatic nitrogens is 3. The average Bonchev–Trinajstić information content (AvgIpc) is 3.09. The molecule has 0 aliphatic carbocycles. The van der Waals surface area contributed by atoms with Gasteiger partial charge in [-0.15, -0.1) is 0 Å². The number of hydrogen-bond acceptors (Lipinski definition) is 11. The Kier molecular flexibility index (Phi) is 9.60. The van der Waals surface area contributed by atoms with Crippen LogP contribution in [0.1, 0.15) is 35.2 Å². The van der Waals surface area contributed by atoms with E-state index in [1.165, 1.54) is 25.6 Å². The van der Waals surface area contributed by atoms with Gasteiger partial charge in [0.15, 0.2) is 17.2 Å². The monoisotopic (exact) mass is 602 g/mol. The van der Waals surface area contributed by atoms with Crippen LogP contribution in [0.3, 0.4) is 0 Å². The first-order chi connectivity index (χ1) is 21.9. The number of nitrogens with zero attached hydrogens (tertiary/aromatic N) is 6. The molecule has 1 saturated heterocycles. The van der Waals surface area contributed by atoms with Crippen molar-refractivity contribution in [2.24, 2.45) is 0 Å². The minimum Gasteiger partial charge on any atom is -0.504 e. The SMILES string of the molecule is COc1ccc(-c2cnc(N3CCC(NCc4ccc(/C=C/C(=O)NO)cc4)CC3)c(C#N)c2-c2cnc(C#N)cn2)cc1O. The molecule has 4 N–H and O–H groups in total. The van der Waals surface area contributed by atoms with E-state index in [2.05, 4.69) is 26.3 Å². The lowest BCUT2D eigenvalue weighted by atomic mass is 9.94. The maximum atomic E-state index is 11.2. The highest BCUT2D eigenvalue weighted by Gasteiger charge is 2.26. The van der Waals surface area contributed by atoms with Gasteiger partial charge >= 0.3 is 0 Å². The van der Waals surface area contributed by atoms with E-state index in [-0.39, 0.29) is 17.5 Å². The predicted molar refractivity (Wildman–Crippen MR) is 166 cm³/mol. The van der Waals surface area contributed by atoms with Crippen LogP contribution >= 0.6 is 0 Å². The molecule has 226 valence electrons. The molecule has 0 unspecified atom stereocenters. The number of carbonyl (C=O) groups is 1. The molecule has 0 radical (unpaired) electrons. The summed E-state index contributed by atoms with van der Waals surface area (Å²) >= 11 is 0. The van der Waals surface area contributed by atoms with E-state index in [9.17, 15) is 20.4 Å². The van der Waals surface area contributed by atoms with Gasteiger partial charge in [-0.3, -0.25) is 15.0 Å². The smallest absolute Gasteiger partial charge is 0.267 e. The van der Waals surface area contributed by atoms with Gasteiger partial charge in [0.05, 0.1) is 25.2 Å². The highest BCUT2D eigenvalue weighted by atomic mass is 16.5. The molecule has 12 heteroatoms. The third-order valence-corrected chi connectivity index (χ3v) is 7.59. The Morgan fingerprint density at radius 2 is 1.84 bits per heavy atom. The third-order valence-electron chi connectivity index (χ3n) is 7.59. The molecule has 0 saturated carbocycles. The molecule has 45 heavy (non-hydrogen) atoms. The number of methoxy groups -OCH3 is 1. The number of nitrogens with one attached hydrogen (secondary N) is 2. The minimum atomic E-state index is -0.586. The van der Waals surface area contributed by atoms with Crippen LogP contribution < -0.4 is 20.4 Å². The molecule has 1 fully saturated rings. The van der Waals surface area contributed by atoms with Gasteiger partial charge in [0.25, 0.3) is 5.91 Å². The lowest BCUT2D eigenvalue weighted by molar-refractivity contribution is -0.124. The first-order valence-electron chi connectivity index (χ1n) is 14.2. The van der Waals surface area contributed by atoms with Gasteiger partial charge in [-0.1, -0.05) is 30.3 Å². The normalized spacial score (nSPS) is 13.3. The fraction of sp³-hybridized carbons (Fsp3) is 0.212. The van der Waals surface area contributed by atoms with E-state index in [1.54, 1.807) is 36.0 Å². The molecule has 1 aliphatic rings. The summed E-state index contributed by atoms with van der Waals surface area (Å²) in [4.78, 5) is 26.6. The Morgan fingerprint density at radius 1 is 1.07 bits per heavy atom. The van der Waals surface area contributed by atoms with Crippen LogP contribution in [0.5, 0.6) is 11.5 Å². The zero-order valence-corrected chi connectivity index (χ0v) is 24.4. The van der Waals surface area contributed by atoms with Crippen molar-refractivity contribution in [2.45, 2.75) is 25.4 Å². The van der Waals surface area contributed by atoms with E-state index in [4.69, 9.17) is 14.9 Å². The van der Waals surface area contributed by atoms with Crippen LogP contribution in [0, 0.1) is 22.7 Å². The second-order valence-electron chi connectivity index (χ2n) is 10.3. The molecular weight excluding hydrogens is 572 g/mol. The molecule has 5 rings (SSSR count). The summed E-state index contributed by atoms with van der Waals surface area (Å²) in [6, 6.07) is 17.3. The number of phenols is 1. The number of piperidine rings is 1. The molecule has 0 atom stereocenters. The summed E-state index contributed by atoms with van der Waals surface area (Å²) in [6.07, 6.45) is 9.05. The van der Waals surface area contributed by atoms with Crippen LogP contribution in [-0.2, 0) is 11.3 Å². The lowest BCUT2D eigenvalue weighted by Crippen LogP contribution is -2.42. The number of hydrogen-bond donors (Lipinski definition) is 4. The van der Waals surface area contributed by atoms with Gasteiger partial charge in [0.2, 0.25) is 0 Å². The van der Waals surface area contributed by atoms with Crippen LogP contribution in [-0.4, -0.2) is 57.4 Å². The zero-order chi connectivity index (χ0) is 31.8. The van der Waals surface area contributed by atoms with Gasteiger partial charge in [0.1, 0.15) is 23.5 Å². The summed E-state index contributed by atoms with van der Waals surface area (Å²) in [5.41, 5.74) is 6.13. The van der Waals surface area contributed by atoms with Crippen molar-refractivity contribution in [2.75, 3.05) is 25.1 Å². The molecular formula is C33H30N8O4. The number of nitriles is 2. The number of carbonyl (C=O) groups excluding carboxylic acids is 1. The van der Waals surface area contributed by atoms with Gasteiger partial charge in [-0.05, 0) is 47.7 Å². The molecule has 3 heterocycles. The van der Waals surface area contributed by atoms with Gasteiger partial charge < -0.3 is 20.1 Å². The Hall–Kier alpha value is -5.82. The quantitative estimate of drug-likeness (QED) is 0.124. The molecule has 0 bridgehead atoms. The number of ether oxygens (including phenoxy) is 1. The summed E-state index contributed by atoms with van der Waals surface area (Å²) in [5, 5.41) is 42.3. The predicted octanol–water partition coefficient (Wildman–Crippen LogP) is 3.94. The number of aromatic hydroxyl groups is 1. The average molecular weight is 603 g/mol. The fourth-order valence-electron chi connectivity index (χ4n) is 5.22. The Morgan fingerprint density at radius 3 is 2.47 bits per heavy atom. The van der Waals surface area contributed by atoms with Crippen molar-refractivity contribution in [3.8, 4) is 46.0 Å². The Bertz CT molecular complexity index is 1790. The van der Waals surface area contributed by atoms with E-state index in [1.807, 2.05) is 30.3 Å². The van der Waals surface area contributed by atoms with E-state index in [0.717, 1.165) is 24.0 Å². The van der Waals surface area contributed by atoms with Gasteiger partial charge in [-0.2, -0.15) is 10.5 Å². The lowest BCUT2D eigenvalue weighted by Gasteiger charge is -2.34. The number of pyridine rings is 1. The topological polar surface area (TPSA) is 180 Å². The van der Waals surface area contributed by atoms with Gasteiger partial charge in [0, 0.05) is 49.1 Å². The molecule has 4 aromatic rings. The molecule has 2 aromatic heterocycles. The number of phenolic OH excluding ortho intramolecular Hbond substituents is 1. The van der Waals surface area contributed by atoms with Crippen molar-refractivity contribution >= 4 is 17.8 Å². The largest absolute Gasteiger partial charge is 0.504 e. The molecule has 0 spiro atoms. The summed E-state index contributed by atoms with van der Waals surface area (Å²) in [5.74, 6) is 0.219. The third kappa shape index (κ3) is 7.05. The standard InChI is InChI=1S/C33H30N8O4/c1-45-30-8-7-23(14-29(30)42)27-19-39-33(26(16-35)32(27)28-20-37-25(15-34)18-38-28)41-12-10-24(11-13-41)36-17-22-4-2-21(3-5-22)6-9-31(43)40-44/h2-9,14,18-20,24,36,42,44H,10-13,17H2,1H3,(H,40,43)/b9-6+. The first kappa shape index (κ1) is 30.6. The Labute approximate surface area is 259 Å². The molecule has 12 nitrogen and oxygen atoms in total. The summed E-state index contributed by atoms with van der Waals surface area (Å²) < 4.78 is 5.19. The minimum absolute atomic E-state index is 0.0520. The number of hydroxylamine groups is 1. The Balaban J connectivity index is 1.34. The number of rotatable bonds is 9. The van der Waals surface area contributed by atoms with Crippen molar-refractivity contribution in [1.82, 2.24) is 25.7 Å². The maximum absolute atomic E-state index is 11.2. The maximum Gasteiger partial charge on any atom is 0.267 e. The van der Waals surface area contributed by atoms with E-state index < -0.39 is 5.91 Å². The molecule has 2 aromatic carbocycles. The molecule has 1 aliphatic heterocycles. The number of amides is 1. The number of anilines is 1. The van der Waals surface area contributed by atoms with Crippen LogP contribution in [0.2, 0.25) is 0 Å². The summed E-state index contributed by atoms with van der Waals surface area (Å²) in [6.45, 7) is 2.03. The van der Waals surface area contributed by atoms with Crippen molar-refractivity contribution < 1.29 is 19.8 Å². The summed E-state index contributed by atoms with van der Waals surface area (Å²) in [7, 11) is 1.47. The van der Waals surface area contributed by atoms with Crippen LogP contribution in [0.4, 0.5) is 5.82 Å². The highest BCUT2D eigenvalue weighted by molar-refractivity contribution is 5.91. The van der Waals surface area contributed by atoms with Crippen molar-refractivity contribution in [3.63, 3.8) is 0 Å². The molecule has 1 amide bonds. The fourth-order valence-corrected chi connectivity index (χ4v) is 5.22. The number of benzene rings is 2. The second kappa shape index (κ2) is 14.1. The van der Waals surface area contributed by atoms with E-state index in [0.29, 0.717) is 59.1 Å². The second-order valence-corrected chi connectivity index (χ2v) is 10.3.